The zero-order chi connectivity index (χ0) is 5.82. The van der Waals surface area contributed by atoms with E-state index in [1.807, 2.05) is 0 Å². The van der Waals surface area contributed by atoms with Crippen LogP contribution in [-0.2, 0) is 4.74 Å². The third kappa shape index (κ3) is 1.87. The summed E-state index contributed by atoms with van der Waals surface area (Å²) in [6, 6.07) is 0. The molecule has 1 rings (SSSR count). The standard InChI is InChI=1S/C5H10INO/c6-7-4-5-2-1-3-8-5/h5,7H,1-4H2. The lowest BCUT2D eigenvalue weighted by Gasteiger charge is -2.04. The second-order valence-corrected chi connectivity index (χ2v) is 2.74. The molecule has 1 fully saturated rings. The number of nitrogens with one attached hydrogen (secondary N) is 1. The van der Waals surface area contributed by atoms with Crippen LogP contribution >= 0.6 is 22.9 Å². The van der Waals surface area contributed by atoms with E-state index in [1.54, 1.807) is 0 Å². The molecule has 0 aromatic rings. The van der Waals surface area contributed by atoms with Gasteiger partial charge in [0.25, 0.3) is 0 Å². The van der Waals surface area contributed by atoms with E-state index in [2.05, 4.69) is 26.4 Å². The van der Waals surface area contributed by atoms with Gasteiger partial charge in [-0.1, -0.05) is 0 Å². The molecule has 0 aliphatic carbocycles. The van der Waals surface area contributed by atoms with Crippen molar-refractivity contribution in [3.05, 3.63) is 0 Å². The van der Waals surface area contributed by atoms with Crippen LogP contribution in [-0.4, -0.2) is 19.3 Å². The van der Waals surface area contributed by atoms with Crippen LogP contribution in [0.3, 0.4) is 0 Å². The van der Waals surface area contributed by atoms with Crippen molar-refractivity contribution in [2.75, 3.05) is 13.2 Å². The summed E-state index contributed by atoms with van der Waals surface area (Å²) in [6.07, 6.45) is 2.96. The highest BCUT2D eigenvalue weighted by atomic mass is 127. The summed E-state index contributed by atoms with van der Waals surface area (Å²) >= 11 is 2.15. The van der Waals surface area contributed by atoms with Gasteiger partial charge in [-0.25, -0.2) is 0 Å². The molecule has 3 heteroatoms. The van der Waals surface area contributed by atoms with Gasteiger partial charge in [-0.2, -0.15) is 0 Å². The predicted octanol–water partition coefficient (Wildman–Crippen LogP) is 1.10. The number of hydrogen-bond acceptors (Lipinski definition) is 2. The van der Waals surface area contributed by atoms with Crippen molar-refractivity contribution in [2.24, 2.45) is 0 Å². The fraction of sp³-hybridized carbons (Fsp3) is 1.00. The Labute approximate surface area is 63.5 Å². The first-order chi connectivity index (χ1) is 3.93. The van der Waals surface area contributed by atoms with E-state index >= 15 is 0 Å². The van der Waals surface area contributed by atoms with E-state index in [-0.39, 0.29) is 0 Å². The highest BCUT2D eigenvalue weighted by Crippen LogP contribution is 2.10. The molecule has 1 atom stereocenters. The average molecular weight is 227 g/mol. The lowest BCUT2D eigenvalue weighted by Crippen LogP contribution is -2.18. The zero-order valence-corrected chi connectivity index (χ0v) is 6.85. The molecule has 0 spiro atoms. The molecule has 1 heterocycles. The summed E-state index contributed by atoms with van der Waals surface area (Å²) in [4.78, 5) is 0. The van der Waals surface area contributed by atoms with Gasteiger partial charge < -0.3 is 4.74 Å². The van der Waals surface area contributed by atoms with Crippen LogP contribution in [0.2, 0.25) is 0 Å². The average Bonchev–Trinajstić information content (AvgIpc) is 2.19. The first kappa shape index (κ1) is 6.77. The van der Waals surface area contributed by atoms with Crippen molar-refractivity contribution < 1.29 is 4.74 Å². The Kier molecular flexibility index (Phi) is 3.07. The summed E-state index contributed by atoms with van der Waals surface area (Å²) in [5, 5.41) is 0. The van der Waals surface area contributed by atoms with Crippen molar-refractivity contribution in [1.29, 1.82) is 0 Å². The lowest BCUT2D eigenvalue weighted by atomic mass is 10.2. The molecule has 1 aliphatic rings. The van der Waals surface area contributed by atoms with Gasteiger partial charge in [0, 0.05) is 36.0 Å². The smallest absolute Gasteiger partial charge is 0.0708 e. The monoisotopic (exact) mass is 227 g/mol. The molecule has 1 aliphatic heterocycles. The summed E-state index contributed by atoms with van der Waals surface area (Å²) in [7, 11) is 0. The SMILES string of the molecule is INCC1CCCO1. The minimum absolute atomic E-state index is 0.492. The van der Waals surface area contributed by atoms with Crippen molar-refractivity contribution in [3.63, 3.8) is 0 Å². The highest BCUT2D eigenvalue weighted by molar-refractivity contribution is 14.1. The molecule has 0 aromatic carbocycles. The van der Waals surface area contributed by atoms with Gasteiger partial charge >= 0.3 is 0 Å². The molecule has 1 unspecified atom stereocenters. The molecular formula is C5H10INO. The quantitative estimate of drug-likeness (QED) is 0.563. The maximum absolute atomic E-state index is 5.33. The Balaban J connectivity index is 2.06. The first-order valence-electron chi connectivity index (χ1n) is 2.88. The second-order valence-electron chi connectivity index (χ2n) is 1.97. The van der Waals surface area contributed by atoms with Crippen LogP contribution in [0.15, 0.2) is 0 Å². The Bertz CT molecular complexity index is 63.4. The Morgan fingerprint density at radius 2 is 2.62 bits per heavy atom. The molecule has 0 amide bonds. The minimum Gasteiger partial charge on any atom is -0.377 e. The molecule has 1 N–H and O–H groups in total. The second kappa shape index (κ2) is 3.63. The number of ether oxygens (including phenoxy) is 1. The van der Waals surface area contributed by atoms with Gasteiger partial charge in [0.15, 0.2) is 0 Å². The lowest BCUT2D eigenvalue weighted by molar-refractivity contribution is 0.116. The van der Waals surface area contributed by atoms with Crippen molar-refractivity contribution in [2.45, 2.75) is 18.9 Å². The number of halogens is 1. The van der Waals surface area contributed by atoms with E-state index in [1.165, 1.54) is 12.8 Å². The van der Waals surface area contributed by atoms with Gasteiger partial charge in [0.1, 0.15) is 0 Å². The van der Waals surface area contributed by atoms with Crippen LogP contribution < -0.4 is 3.53 Å². The molecule has 48 valence electrons. The maximum Gasteiger partial charge on any atom is 0.0708 e. The number of hydrogen-bond donors (Lipinski definition) is 1. The summed E-state index contributed by atoms with van der Waals surface area (Å²) in [5.41, 5.74) is 0. The fourth-order valence-electron chi connectivity index (χ4n) is 0.891. The van der Waals surface area contributed by atoms with E-state index in [0.29, 0.717) is 6.10 Å². The van der Waals surface area contributed by atoms with Crippen molar-refractivity contribution in [1.82, 2.24) is 3.53 Å². The number of rotatable bonds is 2. The molecule has 2 nitrogen and oxygen atoms in total. The van der Waals surface area contributed by atoms with E-state index < -0.39 is 0 Å². The summed E-state index contributed by atoms with van der Waals surface area (Å²) in [6.45, 7) is 1.96. The van der Waals surface area contributed by atoms with Crippen LogP contribution in [0.1, 0.15) is 12.8 Å². The highest BCUT2D eigenvalue weighted by Gasteiger charge is 2.13. The van der Waals surface area contributed by atoms with Crippen molar-refractivity contribution in [3.8, 4) is 0 Å². The summed E-state index contributed by atoms with van der Waals surface area (Å²) < 4.78 is 8.38. The van der Waals surface area contributed by atoms with Gasteiger partial charge in [-0.05, 0) is 12.8 Å². The molecular weight excluding hydrogens is 217 g/mol. The minimum atomic E-state index is 0.492. The largest absolute Gasteiger partial charge is 0.377 e. The molecule has 0 radical (unpaired) electrons. The van der Waals surface area contributed by atoms with Gasteiger partial charge in [0.05, 0.1) is 6.10 Å². The molecule has 0 saturated carbocycles. The van der Waals surface area contributed by atoms with E-state index in [4.69, 9.17) is 4.74 Å². The van der Waals surface area contributed by atoms with E-state index in [0.717, 1.165) is 13.2 Å². The van der Waals surface area contributed by atoms with Gasteiger partial charge in [-0.15, -0.1) is 0 Å². The zero-order valence-electron chi connectivity index (χ0n) is 4.69. The van der Waals surface area contributed by atoms with Gasteiger partial charge in [-0.3, -0.25) is 3.53 Å². The van der Waals surface area contributed by atoms with Crippen LogP contribution in [0.4, 0.5) is 0 Å². The third-order valence-corrected chi connectivity index (χ3v) is 1.77. The maximum atomic E-state index is 5.33. The van der Waals surface area contributed by atoms with Crippen molar-refractivity contribution >= 4 is 22.9 Å². The van der Waals surface area contributed by atoms with Gasteiger partial charge in [0.2, 0.25) is 0 Å². The van der Waals surface area contributed by atoms with Crippen LogP contribution in [0, 0.1) is 0 Å². The molecule has 0 bridgehead atoms. The Hall–Kier alpha value is 0.650. The topological polar surface area (TPSA) is 21.3 Å². The van der Waals surface area contributed by atoms with Crippen LogP contribution in [0.5, 0.6) is 0 Å². The van der Waals surface area contributed by atoms with E-state index in [9.17, 15) is 0 Å². The predicted molar refractivity (Wildman–Crippen MR) is 41.0 cm³/mol. The summed E-state index contributed by atoms with van der Waals surface area (Å²) in [5.74, 6) is 0. The fourth-order valence-corrected chi connectivity index (χ4v) is 1.38. The Morgan fingerprint density at radius 1 is 1.75 bits per heavy atom. The third-order valence-electron chi connectivity index (χ3n) is 1.33. The Morgan fingerprint density at radius 3 is 3.12 bits per heavy atom. The van der Waals surface area contributed by atoms with Crippen LogP contribution in [0.25, 0.3) is 0 Å². The molecule has 0 aromatic heterocycles. The normalized spacial score (nSPS) is 28.9. The molecule has 8 heavy (non-hydrogen) atoms. The molecule has 1 saturated heterocycles. The first-order valence-corrected chi connectivity index (χ1v) is 3.96.